The molecule has 0 aromatic heterocycles. The molecule has 5 heteroatoms. The summed E-state index contributed by atoms with van der Waals surface area (Å²) in [4.78, 5) is 10.4. The van der Waals surface area contributed by atoms with E-state index < -0.39 is 10.5 Å². The number of nitro benzene ring substituents is 1. The number of nitro groups is 1. The number of hydrogen-bond donors (Lipinski definition) is 1. The maximum atomic E-state index is 10.8. The van der Waals surface area contributed by atoms with Gasteiger partial charge in [0, 0.05) is 11.6 Å². The molecule has 1 N–H and O–H groups in total. The minimum absolute atomic E-state index is 0.0853. The number of ether oxygens (including phenoxy) is 1. The summed E-state index contributed by atoms with van der Waals surface area (Å²) in [5.74, 6) is 0.576. The Morgan fingerprint density at radius 2 is 2.00 bits per heavy atom. The van der Waals surface area contributed by atoms with E-state index in [-0.39, 0.29) is 12.3 Å². The van der Waals surface area contributed by atoms with Crippen molar-refractivity contribution in [1.29, 1.82) is 0 Å². The molecule has 0 bridgehead atoms. The van der Waals surface area contributed by atoms with Crippen molar-refractivity contribution in [3.8, 4) is 5.75 Å². The van der Waals surface area contributed by atoms with Gasteiger partial charge in [0.15, 0.2) is 0 Å². The Labute approximate surface area is 107 Å². The quantitative estimate of drug-likeness (QED) is 0.647. The Kier molecular flexibility index (Phi) is 4.29. The van der Waals surface area contributed by atoms with Gasteiger partial charge in [-0.15, -0.1) is 0 Å². The molecule has 0 aliphatic carbocycles. The van der Waals surface area contributed by atoms with E-state index in [0.717, 1.165) is 0 Å². The lowest BCUT2D eigenvalue weighted by Crippen LogP contribution is -2.31. The van der Waals surface area contributed by atoms with Crippen LogP contribution >= 0.6 is 0 Å². The van der Waals surface area contributed by atoms with E-state index in [1.807, 2.05) is 6.92 Å². The zero-order chi connectivity index (χ0) is 13.9. The van der Waals surface area contributed by atoms with Crippen LogP contribution in [0.25, 0.3) is 0 Å². The molecular weight excluding hydrogens is 234 g/mol. The molecule has 0 fully saturated rings. The van der Waals surface area contributed by atoms with E-state index in [2.05, 4.69) is 0 Å². The summed E-state index contributed by atoms with van der Waals surface area (Å²) in [6, 6.07) is 3.13. The van der Waals surface area contributed by atoms with Crippen LogP contribution in [0.15, 0.2) is 12.1 Å². The molecular formula is C13H19NO4. The number of nitrogens with zero attached hydrogens (tertiary/aromatic N) is 1. The number of benzene rings is 1. The van der Waals surface area contributed by atoms with Crippen molar-refractivity contribution in [2.24, 2.45) is 0 Å². The maximum Gasteiger partial charge on any atom is 0.272 e. The minimum Gasteiger partial charge on any atom is -0.490 e. The highest BCUT2D eigenvalue weighted by molar-refractivity contribution is 5.49. The fourth-order valence-corrected chi connectivity index (χ4v) is 1.46. The summed E-state index contributed by atoms with van der Waals surface area (Å²) < 4.78 is 5.54. The smallest absolute Gasteiger partial charge is 0.272 e. The van der Waals surface area contributed by atoms with Gasteiger partial charge in [-0.2, -0.15) is 0 Å². The lowest BCUT2D eigenvalue weighted by atomic mass is 10.1. The van der Waals surface area contributed by atoms with Gasteiger partial charge in [-0.05, 0) is 38.8 Å². The number of aliphatic hydroxyl groups is 1. The highest BCUT2D eigenvalue weighted by Crippen LogP contribution is 2.28. The van der Waals surface area contributed by atoms with Gasteiger partial charge in [-0.1, -0.05) is 6.92 Å². The highest BCUT2D eigenvalue weighted by Gasteiger charge is 2.20. The van der Waals surface area contributed by atoms with Crippen molar-refractivity contribution in [1.82, 2.24) is 0 Å². The molecule has 1 unspecified atom stereocenters. The summed E-state index contributed by atoms with van der Waals surface area (Å²) in [6.07, 6.45) is 0.581. The third-order valence-corrected chi connectivity index (χ3v) is 2.99. The van der Waals surface area contributed by atoms with Gasteiger partial charge in [0.25, 0.3) is 5.69 Å². The molecule has 0 spiro atoms. The molecule has 18 heavy (non-hydrogen) atoms. The Morgan fingerprint density at radius 1 is 1.39 bits per heavy atom. The van der Waals surface area contributed by atoms with Crippen LogP contribution in [0.1, 0.15) is 31.4 Å². The van der Waals surface area contributed by atoms with Crippen molar-refractivity contribution < 1.29 is 14.8 Å². The van der Waals surface area contributed by atoms with E-state index in [4.69, 9.17) is 4.74 Å². The van der Waals surface area contributed by atoms with Crippen LogP contribution in [0.2, 0.25) is 0 Å². The maximum absolute atomic E-state index is 10.8. The lowest BCUT2D eigenvalue weighted by molar-refractivity contribution is -0.385. The molecule has 0 saturated heterocycles. The molecule has 0 amide bonds. The summed E-state index contributed by atoms with van der Waals surface area (Å²) in [6.45, 7) is 7.16. The van der Waals surface area contributed by atoms with Gasteiger partial charge >= 0.3 is 0 Å². The van der Waals surface area contributed by atoms with Gasteiger partial charge < -0.3 is 9.84 Å². The normalized spacial score (nSPS) is 14.1. The first-order valence-electron chi connectivity index (χ1n) is 5.87. The summed E-state index contributed by atoms with van der Waals surface area (Å²) in [5, 5.41) is 20.6. The Balaban J connectivity index is 2.92. The Bertz CT molecular complexity index is 455. The fourth-order valence-electron chi connectivity index (χ4n) is 1.46. The Hall–Kier alpha value is -1.62. The van der Waals surface area contributed by atoms with Crippen LogP contribution in [0, 0.1) is 24.0 Å². The van der Waals surface area contributed by atoms with Gasteiger partial charge in [0.05, 0.1) is 10.5 Å². The van der Waals surface area contributed by atoms with Crippen LogP contribution in [-0.4, -0.2) is 22.2 Å². The molecule has 0 radical (unpaired) electrons. The summed E-state index contributed by atoms with van der Waals surface area (Å²) in [7, 11) is 0. The zero-order valence-corrected chi connectivity index (χ0v) is 11.2. The summed E-state index contributed by atoms with van der Waals surface area (Å²) >= 11 is 0. The van der Waals surface area contributed by atoms with Gasteiger partial charge in [-0.3, -0.25) is 10.1 Å². The van der Waals surface area contributed by atoms with Crippen LogP contribution in [0.5, 0.6) is 5.75 Å². The molecule has 100 valence electrons. The van der Waals surface area contributed by atoms with Gasteiger partial charge in [0.1, 0.15) is 12.4 Å². The van der Waals surface area contributed by atoms with E-state index in [9.17, 15) is 15.2 Å². The molecule has 1 atom stereocenters. The third-order valence-electron chi connectivity index (χ3n) is 2.99. The first-order valence-corrected chi connectivity index (χ1v) is 5.87. The average Bonchev–Trinajstić information content (AvgIpc) is 2.29. The largest absolute Gasteiger partial charge is 0.490 e. The molecule has 1 aromatic carbocycles. The highest BCUT2D eigenvalue weighted by atomic mass is 16.6. The molecule has 1 aromatic rings. The molecule has 0 aliphatic heterocycles. The predicted octanol–water partition coefficient (Wildman–Crippen LogP) is 2.75. The number of aryl methyl sites for hydroxylation is 2. The second-order valence-corrected chi connectivity index (χ2v) is 4.80. The SMILES string of the molecule is CCC(C)(O)COc1cc(C)c([N+](=O)[O-])cc1C. The van der Waals surface area contributed by atoms with Crippen molar-refractivity contribution in [2.45, 2.75) is 39.7 Å². The Morgan fingerprint density at radius 3 is 2.50 bits per heavy atom. The summed E-state index contributed by atoms with van der Waals surface area (Å²) in [5.41, 5.74) is 0.445. The van der Waals surface area contributed by atoms with E-state index >= 15 is 0 Å². The molecule has 1 rings (SSSR count). The molecule has 0 saturated carbocycles. The van der Waals surface area contributed by atoms with Crippen LogP contribution < -0.4 is 4.74 Å². The lowest BCUT2D eigenvalue weighted by Gasteiger charge is -2.22. The van der Waals surface area contributed by atoms with E-state index in [1.165, 1.54) is 6.07 Å². The predicted molar refractivity (Wildman–Crippen MR) is 69.0 cm³/mol. The minimum atomic E-state index is -0.887. The van der Waals surface area contributed by atoms with Crippen molar-refractivity contribution in [2.75, 3.05) is 6.61 Å². The molecule has 5 nitrogen and oxygen atoms in total. The first kappa shape index (κ1) is 14.4. The van der Waals surface area contributed by atoms with Gasteiger partial charge in [0.2, 0.25) is 0 Å². The fraction of sp³-hybridized carbons (Fsp3) is 0.538. The average molecular weight is 253 g/mol. The first-order chi connectivity index (χ1) is 8.26. The second-order valence-electron chi connectivity index (χ2n) is 4.80. The van der Waals surface area contributed by atoms with Crippen molar-refractivity contribution in [3.05, 3.63) is 33.4 Å². The van der Waals surface area contributed by atoms with Crippen LogP contribution in [0.3, 0.4) is 0 Å². The molecule has 0 aliphatic rings. The van der Waals surface area contributed by atoms with E-state index in [0.29, 0.717) is 23.3 Å². The van der Waals surface area contributed by atoms with Crippen LogP contribution in [-0.2, 0) is 0 Å². The van der Waals surface area contributed by atoms with Crippen molar-refractivity contribution >= 4 is 5.69 Å². The van der Waals surface area contributed by atoms with Crippen molar-refractivity contribution in [3.63, 3.8) is 0 Å². The van der Waals surface area contributed by atoms with Gasteiger partial charge in [-0.25, -0.2) is 0 Å². The number of hydrogen-bond acceptors (Lipinski definition) is 4. The topological polar surface area (TPSA) is 72.6 Å². The monoisotopic (exact) mass is 253 g/mol. The third kappa shape index (κ3) is 3.43. The second kappa shape index (κ2) is 5.35. The van der Waals surface area contributed by atoms with E-state index in [1.54, 1.807) is 26.8 Å². The number of rotatable bonds is 5. The molecule has 0 heterocycles. The van der Waals surface area contributed by atoms with Crippen LogP contribution in [0.4, 0.5) is 5.69 Å². The standard InChI is InChI=1S/C13H19NO4/c1-5-13(4,15)8-18-12-7-9(2)11(14(16)17)6-10(12)3/h6-7,15H,5,8H2,1-4H3. The zero-order valence-electron chi connectivity index (χ0n) is 11.2.